The molecule has 0 spiro atoms. The number of dihydropyridines is 1. The number of nitrogens with zero attached hydrogens (tertiary/aromatic N) is 1. The molecule has 3 aromatic carbocycles. The summed E-state index contributed by atoms with van der Waals surface area (Å²) in [6.45, 7) is 7.67. The van der Waals surface area contributed by atoms with Crippen molar-refractivity contribution in [2.24, 2.45) is 0 Å². The zero-order chi connectivity index (χ0) is 20.5. The number of hydrogen-bond acceptors (Lipinski definition) is 1. The first-order valence-corrected chi connectivity index (χ1v) is 10.6. The molecule has 0 unspecified atom stereocenters. The molecule has 0 fully saturated rings. The molecule has 2 N–H and O–H groups in total. The summed E-state index contributed by atoms with van der Waals surface area (Å²) in [6, 6.07) is 20.0. The first-order valence-electron chi connectivity index (χ1n) is 10.6. The van der Waals surface area contributed by atoms with E-state index >= 15 is 0 Å². The van der Waals surface area contributed by atoms with Gasteiger partial charge >= 0.3 is 0 Å². The first-order chi connectivity index (χ1) is 14.5. The van der Waals surface area contributed by atoms with Crippen molar-refractivity contribution in [2.45, 2.75) is 26.2 Å². The standard InChI is InChI=1S/C27H25N3/c1-27(2,3)18-12-14-22-20(16-18)25-26(30(22)23-10-6-7-15-28-23)24-19-9-5-4-8-17(19)11-13-21(24)29-25/h4-14,16,28-29H,15H2,1-3H3. The van der Waals surface area contributed by atoms with Gasteiger partial charge in [0.25, 0.3) is 0 Å². The fourth-order valence-corrected chi connectivity index (χ4v) is 4.74. The summed E-state index contributed by atoms with van der Waals surface area (Å²) in [4.78, 5) is 3.76. The number of aromatic amines is 1. The predicted molar refractivity (Wildman–Crippen MR) is 129 cm³/mol. The van der Waals surface area contributed by atoms with Crippen LogP contribution in [0.3, 0.4) is 0 Å². The number of hydrogen-bond donors (Lipinski definition) is 2. The van der Waals surface area contributed by atoms with Gasteiger partial charge in [0.05, 0.1) is 16.6 Å². The number of fused-ring (bicyclic) bond motifs is 7. The van der Waals surface area contributed by atoms with Gasteiger partial charge in [0, 0.05) is 22.8 Å². The van der Waals surface area contributed by atoms with Crippen LogP contribution in [0.2, 0.25) is 0 Å². The highest BCUT2D eigenvalue weighted by Gasteiger charge is 2.22. The highest BCUT2D eigenvalue weighted by molar-refractivity contribution is 6.25. The molecule has 0 saturated carbocycles. The smallest absolute Gasteiger partial charge is 0.111 e. The van der Waals surface area contributed by atoms with Gasteiger partial charge in [-0.3, -0.25) is 4.57 Å². The highest BCUT2D eigenvalue weighted by Crippen LogP contribution is 2.40. The molecule has 5 aromatic rings. The van der Waals surface area contributed by atoms with E-state index in [4.69, 9.17) is 0 Å². The van der Waals surface area contributed by atoms with Crippen LogP contribution >= 0.6 is 0 Å². The topological polar surface area (TPSA) is 32.8 Å². The van der Waals surface area contributed by atoms with Crippen LogP contribution in [0.25, 0.3) is 49.4 Å². The third-order valence-corrected chi connectivity index (χ3v) is 6.29. The van der Waals surface area contributed by atoms with Crippen molar-refractivity contribution in [1.82, 2.24) is 14.9 Å². The van der Waals surface area contributed by atoms with Crippen LogP contribution in [0, 0.1) is 0 Å². The lowest BCUT2D eigenvalue weighted by Crippen LogP contribution is -2.19. The zero-order valence-corrected chi connectivity index (χ0v) is 17.6. The van der Waals surface area contributed by atoms with Gasteiger partial charge in [-0.2, -0.15) is 0 Å². The average Bonchev–Trinajstić information content (AvgIpc) is 3.28. The second kappa shape index (κ2) is 6.02. The minimum Gasteiger partial charge on any atom is -0.368 e. The Hall–Kier alpha value is -3.46. The summed E-state index contributed by atoms with van der Waals surface area (Å²) in [5.41, 5.74) is 6.32. The SMILES string of the molecule is CC(C)(C)c1ccc2c(c1)c1[nH]c3ccc4ccccc4c3c1n2C1=CC=CCN1. The molecule has 0 aliphatic carbocycles. The van der Waals surface area contributed by atoms with Gasteiger partial charge in [0.1, 0.15) is 5.82 Å². The summed E-state index contributed by atoms with van der Waals surface area (Å²) in [6.07, 6.45) is 6.46. The molecule has 148 valence electrons. The number of nitrogens with one attached hydrogen (secondary N) is 2. The predicted octanol–water partition coefficient (Wildman–Crippen LogP) is 6.68. The van der Waals surface area contributed by atoms with Crippen molar-refractivity contribution in [1.29, 1.82) is 0 Å². The van der Waals surface area contributed by atoms with Gasteiger partial charge < -0.3 is 10.3 Å². The largest absolute Gasteiger partial charge is 0.368 e. The van der Waals surface area contributed by atoms with Crippen molar-refractivity contribution in [3.63, 3.8) is 0 Å². The Morgan fingerprint density at radius 3 is 2.60 bits per heavy atom. The van der Waals surface area contributed by atoms with Crippen LogP contribution in [-0.4, -0.2) is 16.1 Å². The van der Waals surface area contributed by atoms with Gasteiger partial charge in [-0.05, 0) is 46.0 Å². The second-order valence-electron chi connectivity index (χ2n) is 9.24. The second-order valence-corrected chi connectivity index (χ2v) is 9.24. The minimum atomic E-state index is 0.104. The van der Waals surface area contributed by atoms with Gasteiger partial charge in [-0.15, -0.1) is 0 Å². The van der Waals surface area contributed by atoms with Gasteiger partial charge in [0.15, 0.2) is 0 Å². The molecule has 0 saturated heterocycles. The summed E-state index contributed by atoms with van der Waals surface area (Å²) < 4.78 is 2.39. The van der Waals surface area contributed by atoms with Crippen LogP contribution in [0.15, 0.2) is 72.8 Å². The Morgan fingerprint density at radius 1 is 0.933 bits per heavy atom. The Labute approximate surface area is 175 Å². The Balaban J connectivity index is 1.84. The monoisotopic (exact) mass is 391 g/mol. The summed E-state index contributed by atoms with van der Waals surface area (Å²) in [5, 5.41) is 8.69. The van der Waals surface area contributed by atoms with Crippen LogP contribution in [-0.2, 0) is 5.41 Å². The van der Waals surface area contributed by atoms with E-state index in [2.05, 4.69) is 108 Å². The van der Waals surface area contributed by atoms with Crippen LogP contribution in [0.4, 0.5) is 0 Å². The minimum absolute atomic E-state index is 0.104. The molecule has 3 nitrogen and oxygen atoms in total. The lowest BCUT2D eigenvalue weighted by Gasteiger charge is -2.20. The van der Waals surface area contributed by atoms with Crippen LogP contribution in [0.1, 0.15) is 26.3 Å². The molecule has 0 bridgehead atoms. The molecule has 1 aliphatic rings. The van der Waals surface area contributed by atoms with E-state index in [9.17, 15) is 0 Å². The fraction of sp³-hybridized carbons (Fsp3) is 0.185. The van der Waals surface area contributed by atoms with Gasteiger partial charge in [-0.1, -0.05) is 69.3 Å². The molecule has 0 atom stereocenters. The third-order valence-electron chi connectivity index (χ3n) is 6.29. The molecular weight excluding hydrogens is 366 g/mol. The molecule has 30 heavy (non-hydrogen) atoms. The molecule has 2 aromatic heterocycles. The Bertz CT molecular complexity index is 1520. The maximum atomic E-state index is 3.76. The van der Waals surface area contributed by atoms with E-state index < -0.39 is 0 Å². The van der Waals surface area contributed by atoms with Crippen molar-refractivity contribution in [2.75, 3.05) is 6.54 Å². The fourth-order valence-electron chi connectivity index (χ4n) is 4.74. The van der Waals surface area contributed by atoms with E-state index in [1.807, 2.05) is 0 Å². The number of H-pyrrole nitrogens is 1. The van der Waals surface area contributed by atoms with Crippen LogP contribution in [0.5, 0.6) is 0 Å². The van der Waals surface area contributed by atoms with Crippen molar-refractivity contribution >= 4 is 49.4 Å². The lowest BCUT2D eigenvalue weighted by atomic mass is 9.86. The van der Waals surface area contributed by atoms with Crippen molar-refractivity contribution < 1.29 is 0 Å². The van der Waals surface area contributed by atoms with E-state index in [0.717, 1.165) is 12.4 Å². The van der Waals surface area contributed by atoms with E-state index in [1.165, 1.54) is 49.2 Å². The maximum absolute atomic E-state index is 3.76. The molecule has 6 rings (SSSR count). The molecule has 0 radical (unpaired) electrons. The molecular formula is C27H25N3. The molecule has 3 heteroatoms. The number of rotatable bonds is 1. The third kappa shape index (κ3) is 2.38. The summed E-state index contributed by atoms with van der Waals surface area (Å²) >= 11 is 0. The van der Waals surface area contributed by atoms with E-state index in [0.29, 0.717) is 0 Å². The summed E-state index contributed by atoms with van der Waals surface area (Å²) in [5.74, 6) is 1.12. The number of benzene rings is 3. The number of allylic oxidation sites excluding steroid dienone is 2. The molecule has 1 aliphatic heterocycles. The highest BCUT2D eigenvalue weighted by atomic mass is 15.2. The zero-order valence-electron chi connectivity index (χ0n) is 17.6. The van der Waals surface area contributed by atoms with Gasteiger partial charge in [-0.25, -0.2) is 0 Å². The quantitative estimate of drug-likeness (QED) is 0.328. The van der Waals surface area contributed by atoms with E-state index in [-0.39, 0.29) is 5.41 Å². The van der Waals surface area contributed by atoms with Crippen LogP contribution < -0.4 is 5.32 Å². The maximum Gasteiger partial charge on any atom is 0.111 e. The summed E-state index contributed by atoms with van der Waals surface area (Å²) in [7, 11) is 0. The van der Waals surface area contributed by atoms with E-state index in [1.54, 1.807) is 0 Å². The molecule has 3 heterocycles. The van der Waals surface area contributed by atoms with Gasteiger partial charge in [0.2, 0.25) is 0 Å². The Kier molecular flexibility index (Phi) is 3.49. The lowest BCUT2D eigenvalue weighted by molar-refractivity contribution is 0.591. The normalized spacial score (nSPS) is 14.7. The Morgan fingerprint density at radius 2 is 1.80 bits per heavy atom. The molecule has 0 amide bonds. The first kappa shape index (κ1) is 17.4. The number of aromatic nitrogens is 2. The average molecular weight is 392 g/mol. The van der Waals surface area contributed by atoms with Crippen molar-refractivity contribution in [3.8, 4) is 0 Å². The van der Waals surface area contributed by atoms with Crippen molar-refractivity contribution in [3.05, 3.63) is 78.4 Å².